The Kier molecular flexibility index (Phi) is 6.21. The summed E-state index contributed by atoms with van der Waals surface area (Å²) < 4.78 is 33.6. The van der Waals surface area contributed by atoms with Gasteiger partial charge in [0.05, 0.1) is 22.6 Å². The molecule has 3 rings (SSSR count). The summed E-state index contributed by atoms with van der Waals surface area (Å²) in [4.78, 5) is 22.6. The van der Waals surface area contributed by atoms with E-state index in [1.807, 2.05) is 0 Å². The number of sulfonamides is 1. The molecule has 3 aromatic rings. The number of rotatable bonds is 7. The highest BCUT2D eigenvalue weighted by Crippen LogP contribution is 2.28. The number of hydrogen-bond donors (Lipinski definition) is 2. The summed E-state index contributed by atoms with van der Waals surface area (Å²) in [5.74, 6) is -0.161. The Bertz CT molecular complexity index is 1240. The van der Waals surface area contributed by atoms with Crippen molar-refractivity contribution in [1.29, 1.82) is 0 Å². The van der Waals surface area contributed by atoms with Gasteiger partial charge in [-0.1, -0.05) is 18.2 Å². The van der Waals surface area contributed by atoms with Gasteiger partial charge in [-0.2, -0.15) is 0 Å². The summed E-state index contributed by atoms with van der Waals surface area (Å²) in [6.45, 7) is 1.64. The van der Waals surface area contributed by atoms with Gasteiger partial charge in [0.25, 0.3) is 21.6 Å². The average molecular weight is 441 g/mol. The quantitative estimate of drug-likeness (QED) is 0.422. The lowest BCUT2D eigenvalue weighted by Gasteiger charge is -2.14. The second kappa shape index (κ2) is 8.84. The fourth-order valence-corrected chi connectivity index (χ4v) is 4.18. The minimum absolute atomic E-state index is 0.0140. The van der Waals surface area contributed by atoms with Crippen molar-refractivity contribution in [2.45, 2.75) is 11.8 Å². The number of nitro groups is 1. The van der Waals surface area contributed by atoms with E-state index in [4.69, 9.17) is 4.74 Å². The highest BCUT2D eigenvalue weighted by atomic mass is 32.2. The molecule has 0 aliphatic carbocycles. The smallest absolute Gasteiger partial charge is 0.269 e. The molecule has 0 spiro atoms. The number of methoxy groups -OCH3 is 1. The van der Waals surface area contributed by atoms with Gasteiger partial charge in [0.1, 0.15) is 5.75 Å². The zero-order chi connectivity index (χ0) is 22.6. The maximum absolute atomic E-state index is 13.0. The van der Waals surface area contributed by atoms with Crippen molar-refractivity contribution >= 4 is 33.0 Å². The van der Waals surface area contributed by atoms with Crippen LogP contribution in [0.3, 0.4) is 0 Å². The SMILES string of the molecule is COc1ccccc1NS(=O)(=O)c1cc(NC(=O)c2ccc([N+](=O)[O-])cc2)ccc1C. The second-order valence-corrected chi connectivity index (χ2v) is 8.19. The molecule has 2 N–H and O–H groups in total. The predicted molar refractivity (Wildman–Crippen MR) is 116 cm³/mol. The van der Waals surface area contributed by atoms with E-state index < -0.39 is 20.9 Å². The molecule has 0 aromatic heterocycles. The maximum Gasteiger partial charge on any atom is 0.269 e. The van der Waals surface area contributed by atoms with Gasteiger partial charge in [-0.25, -0.2) is 8.42 Å². The first-order valence-corrected chi connectivity index (χ1v) is 10.5. The monoisotopic (exact) mass is 441 g/mol. The molecule has 3 aromatic carbocycles. The van der Waals surface area contributed by atoms with E-state index in [1.54, 1.807) is 43.3 Å². The summed E-state index contributed by atoms with van der Waals surface area (Å²) in [6.07, 6.45) is 0. The fourth-order valence-electron chi connectivity index (χ4n) is 2.83. The summed E-state index contributed by atoms with van der Waals surface area (Å²) >= 11 is 0. The average Bonchev–Trinajstić information content (AvgIpc) is 2.75. The van der Waals surface area contributed by atoms with Crippen molar-refractivity contribution in [3.05, 3.63) is 88.0 Å². The number of carbonyl (C=O) groups excluding carboxylic acids is 1. The Morgan fingerprint density at radius 2 is 1.71 bits per heavy atom. The number of nitrogens with zero attached hydrogens (tertiary/aromatic N) is 1. The van der Waals surface area contributed by atoms with Crippen LogP contribution in [0.4, 0.5) is 17.1 Å². The lowest BCUT2D eigenvalue weighted by atomic mass is 10.2. The molecule has 0 fully saturated rings. The van der Waals surface area contributed by atoms with E-state index in [2.05, 4.69) is 10.0 Å². The highest BCUT2D eigenvalue weighted by Gasteiger charge is 2.20. The first-order chi connectivity index (χ1) is 14.7. The van der Waals surface area contributed by atoms with E-state index >= 15 is 0 Å². The van der Waals surface area contributed by atoms with Gasteiger partial charge in [0, 0.05) is 23.4 Å². The molecule has 31 heavy (non-hydrogen) atoms. The number of hydrogen-bond acceptors (Lipinski definition) is 6. The number of benzene rings is 3. The van der Waals surface area contributed by atoms with Crippen molar-refractivity contribution < 1.29 is 22.9 Å². The van der Waals surface area contributed by atoms with Crippen molar-refractivity contribution in [3.8, 4) is 5.75 Å². The topological polar surface area (TPSA) is 128 Å². The molecule has 160 valence electrons. The zero-order valence-electron chi connectivity index (χ0n) is 16.7. The normalized spacial score (nSPS) is 10.9. The lowest BCUT2D eigenvalue weighted by Crippen LogP contribution is -2.16. The first kappa shape index (κ1) is 21.8. The Morgan fingerprint density at radius 1 is 1.03 bits per heavy atom. The van der Waals surface area contributed by atoms with E-state index in [1.165, 1.54) is 37.4 Å². The molecule has 0 bridgehead atoms. The number of non-ortho nitro benzene ring substituents is 1. The van der Waals surface area contributed by atoms with Gasteiger partial charge in [0.2, 0.25) is 0 Å². The molecule has 0 atom stereocenters. The third kappa shape index (κ3) is 4.98. The van der Waals surface area contributed by atoms with Crippen molar-refractivity contribution in [2.24, 2.45) is 0 Å². The second-order valence-electron chi connectivity index (χ2n) is 6.54. The minimum Gasteiger partial charge on any atom is -0.495 e. The molecule has 10 heteroatoms. The number of amides is 1. The largest absolute Gasteiger partial charge is 0.495 e. The van der Waals surface area contributed by atoms with Crippen molar-refractivity contribution in [3.63, 3.8) is 0 Å². The summed E-state index contributed by atoms with van der Waals surface area (Å²) in [5, 5.41) is 13.3. The predicted octanol–water partition coefficient (Wildman–Crippen LogP) is 3.96. The number of carbonyl (C=O) groups is 1. The molecule has 0 radical (unpaired) electrons. The minimum atomic E-state index is -3.97. The zero-order valence-corrected chi connectivity index (χ0v) is 17.5. The van der Waals surface area contributed by atoms with Crippen LogP contribution in [0.2, 0.25) is 0 Å². The molecule has 0 heterocycles. The van der Waals surface area contributed by atoms with E-state index in [0.29, 0.717) is 11.3 Å². The summed E-state index contributed by atoms with van der Waals surface area (Å²) in [5.41, 5.74) is 1.08. The van der Waals surface area contributed by atoms with Crippen LogP contribution in [-0.2, 0) is 10.0 Å². The number of aryl methyl sites for hydroxylation is 1. The van der Waals surface area contributed by atoms with Crippen LogP contribution in [-0.4, -0.2) is 26.4 Å². The Labute approximate surface area is 178 Å². The summed E-state index contributed by atoms with van der Waals surface area (Å²) in [6, 6.07) is 16.2. The number of nitro benzene ring substituents is 1. The first-order valence-electron chi connectivity index (χ1n) is 9.03. The molecule has 9 nitrogen and oxygen atoms in total. The van der Waals surface area contributed by atoms with Crippen LogP contribution in [0, 0.1) is 17.0 Å². The van der Waals surface area contributed by atoms with Gasteiger partial charge in [-0.15, -0.1) is 0 Å². The van der Waals surface area contributed by atoms with E-state index in [0.717, 1.165) is 0 Å². The highest BCUT2D eigenvalue weighted by molar-refractivity contribution is 7.92. The van der Waals surface area contributed by atoms with Gasteiger partial charge < -0.3 is 10.1 Å². The number of para-hydroxylation sites is 2. The van der Waals surface area contributed by atoms with E-state index in [-0.39, 0.29) is 27.5 Å². The fraction of sp³-hybridized carbons (Fsp3) is 0.0952. The summed E-state index contributed by atoms with van der Waals surface area (Å²) in [7, 11) is -2.53. The molecule has 0 saturated carbocycles. The third-order valence-electron chi connectivity index (χ3n) is 4.43. The maximum atomic E-state index is 13.0. The third-order valence-corrected chi connectivity index (χ3v) is 5.93. The molecule has 1 amide bonds. The number of ether oxygens (including phenoxy) is 1. The Morgan fingerprint density at radius 3 is 2.35 bits per heavy atom. The molecule has 0 saturated heterocycles. The van der Waals surface area contributed by atoms with Crippen LogP contribution in [0.5, 0.6) is 5.75 Å². The number of anilines is 2. The Hall–Kier alpha value is -3.92. The number of nitrogens with one attached hydrogen (secondary N) is 2. The Balaban J connectivity index is 1.85. The molecule has 0 aliphatic rings. The van der Waals surface area contributed by atoms with Crippen LogP contribution < -0.4 is 14.8 Å². The van der Waals surface area contributed by atoms with Gasteiger partial charge in [-0.3, -0.25) is 19.6 Å². The molecule has 0 unspecified atom stereocenters. The van der Waals surface area contributed by atoms with Crippen molar-refractivity contribution in [2.75, 3.05) is 17.1 Å². The molecular weight excluding hydrogens is 422 g/mol. The van der Waals surface area contributed by atoms with Crippen LogP contribution in [0.15, 0.2) is 71.6 Å². The van der Waals surface area contributed by atoms with Crippen LogP contribution >= 0.6 is 0 Å². The standard InChI is InChI=1S/C21H19N3O6S/c1-14-7-10-16(22-21(25)15-8-11-17(12-9-15)24(26)27)13-20(14)31(28,29)23-18-5-3-4-6-19(18)30-2/h3-13,23H,1-2H3,(H,22,25). The lowest BCUT2D eigenvalue weighted by molar-refractivity contribution is -0.384. The van der Waals surface area contributed by atoms with Gasteiger partial charge in [-0.05, 0) is 48.9 Å². The molecule has 0 aliphatic heterocycles. The van der Waals surface area contributed by atoms with Gasteiger partial charge >= 0.3 is 0 Å². The van der Waals surface area contributed by atoms with Crippen molar-refractivity contribution in [1.82, 2.24) is 0 Å². The van der Waals surface area contributed by atoms with Crippen LogP contribution in [0.1, 0.15) is 15.9 Å². The van der Waals surface area contributed by atoms with E-state index in [9.17, 15) is 23.3 Å². The molecular formula is C21H19N3O6S. The van der Waals surface area contributed by atoms with Gasteiger partial charge in [0.15, 0.2) is 0 Å². The van der Waals surface area contributed by atoms with Crippen LogP contribution in [0.25, 0.3) is 0 Å².